The van der Waals surface area contributed by atoms with Crippen molar-refractivity contribution < 1.29 is 5.11 Å². The summed E-state index contributed by atoms with van der Waals surface area (Å²) in [6.07, 6.45) is 0.966. The number of hydrogen-bond acceptors (Lipinski definition) is 2. The molecule has 3 nitrogen and oxygen atoms in total. The van der Waals surface area contributed by atoms with Crippen LogP contribution in [0.2, 0.25) is 0 Å². The lowest BCUT2D eigenvalue weighted by atomic mass is 10.0. The van der Waals surface area contributed by atoms with Gasteiger partial charge in [0.15, 0.2) is 5.75 Å². The quantitative estimate of drug-likeness (QED) is 0.740. The fourth-order valence-corrected chi connectivity index (χ4v) is 2.81. The lowest BCUT2D eigenvalue weighted by molar-refractivity contribution is 0.477. The van der Waals surface area contributed by atoms with Gasteiger partial charge in [-0.25, -0.2) is 0 Å². The molecule has 0 aliphatic rings. The van der Waals surface area contributed by atoms with Crippen LogP contribution in [0.25, 0.3) is 22.5 Å². The molecule has 1 aromatic heterocycles. The molecule has 0 fully saturated rings. The molecule has 0 saturated heterocycles. The summed E-state index contributed by atoms with van der Waals surface area (Å²) in [4.78, 5) is 0. The molecular weight excluding hydrogens is 284 g/mol. The smallest absolute Gasteiger partial charge is 0.169 e. The van der Waals surface area contributed by atoms with E-state index < -0.39 is 0 Å². The minimum absolute atomic E-state index is 0.257. The zero-order chi connectivity index (χ0) is 16.4. The fourth-order valence-electron chi connectivity index (χ4n) is 2.81. The molecule has 0 aliphatic carbocycles. The molecule has 3 aromatic rings. The first kappa shape index (κ1) is 15.3. The van der Waals surface area contributed by atoms with Crippen LogP contribution in [0.4, 0.5) is 0 Å². The first-order chi connectivity index (χ1) is 11.1. The third kappa shape index (κ3) is 3.00. The normalized spacial score (nSPS) is 10.9. The fraction of sp³-hybridized carbons (Fsp3) is 0.250. The van der Waals surface area contributed by atoms with Crippen molar-refractivity contribution in [3.8, 4) is 28.3 Å². The molecule has 0 amide bonds. The molecule has 0 atom stereocenters. The predicted molar refractivity (Wildman–Crippen MR) is 94.5 cm³/mol. The maximum atomic E-state index is 10.8. The Balaban J connectivity index is 2.17. The lowest BCUT2D eigenvalue weighted by Gasteiger charge is -2.07. The van der Waals surface area contributed by atoms with Crippen molar-refractivity contribution in [2.45, 2.75) is 33.7 Å². The lowest BCUT2D eigenvalue weighted by Crippen LogP contribution is -2.01. The Morgan fingerprint density at radius 3 is 2.35 bits per heavy atom. The van der Waals surface area contributed by atoms with Crippen LogP contribution in [-0.4, -0.2) is 14.9 Å². The van der Waals surface area contributed by atoms with E-state index in [0.29, 0.717) is 5.69 Å². The van der Waals surface area contributed by atoms with Gasteiger partial charge in [0.25, 0.3) is 0 Å². The van der Waals surface area contributed by atoms with Crippen LogP contribution in [0, 0.1) is 13.8 Å². The number of aryl methyl sites for hydroxylation is 3. The maximum Gasteiger partial charge on any atom is 0.169 e. The van der Waals surface area contributed by atoms with Crippen molar-refractivity contribution in [1.82, 2.24) is 9.78 Å². The summed E-state index contributed by atoms with van der Waals surface area (Å²) in [5, 5.41) is 15.5. The molecule has 118 valence electrons. The van der Waals surface area contributed by atoms with Gasteiger partial charge < -0.3 is 5.11 Å². The van der Waals surface area contributed by atoms with Gasteiger partial charge in [0, 0.05) is 17.7 Å². The molecule has 1 N–H and O–H groups in total. The minimum atomic E-state index is 0.257. The van der Waals surface area contributed by atoms with Crippen molar-refractivity contribution in [2.24, 2.45) is 0 Å². The molecular formula is C20H22N2O. The predicted octanol–water partition coefficient (Wildman–Crippen LogP) is 4.95. The molecule has 0 unspecified atom stereocenters. The zero-order valence-corrected chi connectivity index (χ0v) is 13.9. The number of aromatic hydroxyl groups is 1. The van der Waals surface area contributed by atoms with Crippen molar-refractivity contribution in [3.05, 3.63) is 59.7 Å². The monoisotopic (exact) mass is 306 g/mol. The summed E-state index contributed by atoms with van der Waals surface area (Å²) >= 11 is 0. The van der Waals surface area contributed by atoms with E-state index in [4.69, 9.17) is 0 Å². The number of benzene rings is 2. The molecule has 0 bridgehead atoms. The van der Waals surface area contributed by atoms with Gasteiger partial charge in [0.2, 0.25) is 0 Å². The van der Waals surface area contributed by atoms with Gasteiger partial charge >= 0.3 is 0 Å². The van der Waals surface area contributed by atoms with Gasteiger partial charge in [-0.2, -0.15) is 5.10 Å². The van der Waals surface area contributed by atoms with Gasteiger partial charge in [-0.3, -0.25) is 4.68 Å². The highest BCUT2D eigenvalue weighted by molar-refractivity contribution is 5.78. The average Bonchev–Trinajstić information content (AvgIpc) is 2.85. The summed E-state index contributed by atoms with van der Waals surface area (Å²) in [6, 6.07) is 16.3. The van der Waals surface area contributed by atoms with Gasteiger partial charge in [0.1, 0.15) is 11.4 Å². The second-order valence-corrected chi connectivity index (χ2v) is 6.00. The topological polar surface area (TPSA) is 38.0 Å². The van der Waals surface area contributed by atoms with Gasteiger partial charge in [-0.05, 0) is 26.3 Å². The van der Waals surface area contributed by atoms with Crippen LogP contribution >= 0.6 is 0 Å². The molecule has 3 heteroatoms. The summed E-state index contributed by atoms with van der Waals surface area (Å²) in [6.45, 7) is 7.01. The van der Waals surface area contributed by atoms with Crippen molar-refractivity contribution >= 4 is 0 Å². The molecule has 3 rings (SSSR count). The Bertz CT molecular complexity index is 816. The highest BCUT2D eigenvalue weighted by Gasteiger charge is 2.19. The SMILES string of the molecule is CCCn1nc(-c2ccc(C)cc2)c(O)c1-c1cccc(C)c1. The van der Waals surface area contributed by atoms with E-state index in [1.165, 1.54) is 11.1 Å². The second-order valence-electron chi connectivity index (χ2n) is 6.00. The van der Waals surface area contributed by atoms with E-state index in [-0.39, 0.29) is 5.75 Å². The summed E-state index contributed by atoms with van der Waals surface area (Å²) in [5.41, 5.74) is 5.75. The van der Waals surface area contributed by atoms with E-state index in [0.717, 1.165) is 29.8 Å². The molecule has 0 aliphatic heterocycles. The number of hydrogen-bond donors (Lipinski definition) is 1. The highest BCUT2D eigenvalue weighted by Crippen LogP contribution is 2.38. The molecule has 0 radical (unpaired) electrons. The van der Waals surface area contributed by atoms with E-state index >= 15 is 0 Å². The Morgan fingerprint density at radius 1 is 0.957 bits per heavy atom. The van der Waals surface area contributed by atoms with Crippen LogP contribution in [0.3, 0.4) is 0 Å². The van der Waals surface area contributed by atoms with Crippen molar-refractivity contribution in [1.29, 1.82) is 0 Å². The van der Waals surface area contributed by atoms with Gasteiger partial charge in [0.05, 0.1) is 0 Å². The minimum Gasteiger partial charge on any atom is -0.504 e. The van der Waals surface area contributed by atoms with Crippen LogP contribution in [0.1, 0.15) is 24.5 Å². The Morgan fingerprint density at radius 2 is 1.70 bits per heavy atom. The van der Waals surface area contributed by atoms with E-state index in [9.17, 15) is 5.11 Å². The van der Waals surface area contributed by atoms with E-state index in [2.05, 4.69) is 38.0 Å². The van der Waals surface area contributed by atoms with Crippen LogP contribution in [-0.2, 0) is 6.54 Å². The van der Waals surface area contributed by atoms with Crippen LogP contribution < -0.4 is 0 Å². The first-order valence-corrected chi connectivity index (χ1v) is 8.04. The Kier molecular flexibility index (Phi) is 4.20. The number of aromatic nitrogens is 2. The number of nitrogens with zero attached hydrogens (tertiary/aromatic N) is 2. The number of rotatable bonds is 4. The Labute approximate surface area is 137 Å². The van der Waals surface area contributed by atoms with E-state index in [1.807, 2.05) is 41.1 Å². The standard InChI is InChI=1S/C20H22N2O/c1-4-12-22-19(17-7-5-6-15(3)13-17)20(23)18(21-22)16-10-8-14(2)9-11-16/h5-11,13,23H,4,12H2,1-3H3. The first-order valence-electron chi connectivity index (χ1n) is 8.04. The summed E-state index contributed by atoms with van der Waals surface area (Å²) in [5.74, 6) is 0.257. The van der Waals surface area contributed by atoms with E-state index in [1.54, 1.807) is 0 Å². The molecule has 0 spiro atoms. The third-order valence-corrected chi connectivity index (χ3v) is 3.98. The molecule has 2 aromatic carbocycles. The molecule has 23 heavy (non-hydrogen) atoms. The third-order valence-electron chi connectivity index (χ3n) is 3.98. The maximum absolute atomic E-state index is 10.8. The summed E-state index contributed by atoms with van der Waals surface area (Å²) < 4.78 is 1.92. The van der Waals surface area contributed by atoms with Crippen LogP contribution in [0.5, 0.6) is 5.75 Å². The average molecular weight is 306 g/mol. The largest absolute Gasteiger partial charge is 0.504 e. The van der Waals surface area contributed by atoms with Gasteiger partial charge in [-0.1, -0.05) is 60.5 Å². The second kappa shape index (κ2) is 6.29. The highest BCUT2D eigenvalue weighted by atomic mass is 16.3. The summed E-state index contributed by atoms with van der Waals surface area (Å²) in [7, 11) is 0. The van der Waals surface area contributed by atoms with Gasteiger partial charge in [-0.15, -0.1) is 0 Å². The van der Waals surface area contributed by atoms with Crippen LogP contribution in [0.15, 0.2) is 48.5 Å². The zero-order valence-electron chi connectivity index (χ0n) is 13.9. The molecule has 0 saturated carbocycles. The van der Waals surface area contributed by atoms with Crippen molar-refractivity contribution in [3.63, 3.8) is 0 Å². The van der Waals surface area contributed by atoms with Crippen molar-refractivity contribution in [2.75, 3.05) is 0 Å². The Hall–Kier alpha value is -2.55. The molecule has 1 heterocycles.